The van der Waals surface area contributed by atoms with Crippen molar-refractivity contribution < 1.29 is 9.90 Å². The lowest BCUT2D eigenvalue weighted by molar-refractivity contribution is 0.104. The van der Waals surface area contributed by atoms with Gasteiger partial charge in [-0.3, -0.25) is 4.79 Å². The van der Waals surface area contributed by atoms with Crippen molar-refractivity contribution in [2.24, 2.45) is 0 Å². The van der Waals surface area contributed by atoms with Crippen molar-refractivity contribution in [3.8, 4) is 0 Å². The van der Waals surface area contributed by atoms with Crippen LogP contribution in [-0.4, -0.2) is 30.1 Å². The highest BCUT2D eigenvalue weighted by Gasteiger charge is 2.17. The van der Waals surface area contributed by atoms with E-state index >= 15 is 0 Å². The van der Waals surface area contributed by atoms with Crippen LogP contribution in [0.2, 0.25) is 0 Å². The fourth-order valence-electron chi connectivity index (χ4n) is 2.76. The van der Waals surface area contributed by atoms with Gasteiger partial charge in [0, 0.05) is 34.1 Å². The molecule has 2 aromatic rings. The van der Waals surface area contributed by atoms with E-state index in [0.717, 1.165) is 36.5 Å². The maximum absolute atomic E-state index is 12.2. The molecule has 1 aromatic carbocycles. The van der Waals surface area contributed by atoms with Crippen molar-refractivity contribution in [2.75, 3.05) is 18.0 Å². The first-order chi connectivity index (χ1) is 11.1. The predicted molar refractivity (Wildman–Crippen MR) is 96.3 cm³/mol. The monoisotopic (exact) mass is 327 g/mol. The van der Waals surface area contributed by atoms with Crippen molar-refractivity contribution >= 4 is 28.9 Å². The van der Waals surface area contributed by atoms with Gasteiger partial charge in [0.25, 0.3) is 0 Å². The van der Waals surface area contributed by atoms with Crippen molar-refractivity contribution in [1.82, 2.24) is 0 Å². The molecule has 0 unspecified atom stereocenters. The molecule has 2 heterocycles. The number of aryl methyl sites for hydroxylation is 1. The average molecular weight is 327 g/mol. The summed E-state index contributed by atoms with van der Waals surface area (Å²) >= 11 is 1.68. The number of aliphatic hydroxyl groups excluding tert-OH is 1. The van der Waals surface area contributed by atoms with E-state index in [1.54, 1.807) is 17.4 Å². The molecule has 0 atom stereocenters. The van der Waals surface area contributed by atoms with E-state index in [1.165, 1.54) is 4.88 Å². The van der Waals surface area contributed by atoms with E-state index in [-0.39, 0.29) is 11.9 Å². The van der Waals surface area contributed by atoms with Crippen LogP contribution < -0.4 is 4.90 Å². The van der Waals surface area contributed by atoms with Crippen molar-refractivity contribution in [1.29, 1.82) is 0 Å². The summed E-state index contributed by atoms with van der Waals surface area (Å²) in [5.41, 5.74) is 1.82. The minimum atomic E-state index is -0.168. The van der Waals surface area contributed by atoms with Gasteiger partial charge in [0.2, 0.25) is 0 Å². The number of hydrogen-bond donors (Lipinski definition) is 1. The average Bonchev–Trinajstić information content (AvgIpc) is 2.99. The third-order valence-corrected chi connectivity index (χ3v) is 5.11. The second kappa shape index (κ2) is 7.11. The third kappa shape index (κ3) is 4.09. The topological polar surface area (TPSA) is 40.5 Å². The molecule has 0 radical (unpaired) electrons. The molecule has 1 aliphatic rings. The molecule has 1 aliphatic heterocycles. The van der Waals surface area contributed by atoms with E-state index in [2.05, 4.69) is 17.9 Å². The molecule has 1 N–H and O–H groups in total. The van der Waals surface area contributed by atoms with Crippen LogP contribution in [0.4, 0.5) is 5.69 Å². The Morgan fingerprint density at radius 1 is 1.17 bits per heavy atom. The summed E-state index contributed by atoms with van der Waals surface area (Å²) in [6.45, 7) is 3.79. The number of hydrogen-bond acceptors (Lipinski definition) is 4. The van der Waals surface area contributed by atoms with E-state index in [0.29, 0.717) is 5.56 Å². The van der Waals surface area contributed by atoms with Crippen LogP contribution in [-0.2, 0) is 0 Å². The van der Waals surface area contributed by atoms with E-state index < -0.39 is 0 Å². The predicted octanol–water partition coefficient (Wildman–Crippen LogP) is 3.91. The number of benzene rings is 1. The van der Waals surface area contributed by atoms with Crippen molar-refractivity contribution in [2.45, 2.75) is 25.9 Å². The Kier molecular flexibility index (Phi) is 4.94. The van der Waals surface area contributed by atoms with Crippen molar-refractivity contribution in [3.05, 3.63) is 57.8 Å². The molecule has 1 saturated heterocycles. The molecule has 0 spiro atoms. The Bertz CT molecular complexity index is 694. The summed E-state index contributed by atoms with van der Waals surface area (Å²) in [6.07, 6.45) is 4.96. The highest BCUT2D eigenvalue weighted by molar-refractivity contribution is 7.12. The second-order valence-corrected chi connectivity index (χ2v) is 7.23. The molecule has 3 rings (SSSR count). The Balaban J connectivity index is 1.64. The largest absolute Gasteiger partial charge is 0.393 e. The summed E-state index contributed by atoms with van der Waals surface area (Å²) in [7, 11) is 0. The zero-order valence-electron chi connectivity index (χ0n) is 13.2. The number of allylic oxidation sites excluding steroid dienone is 1. The molecule has 3 nitrogen and oxygen atoms in total. The van der Waals surface area contributed by atoms with Crippen LogP contribution >= 0.6 is 11.3 Å². The lowest BCUT2D eigenvalue weighted by Crippen LogP contribution is -2.35. The number of carbonyl (C=O) groups is 1. The molecule has 1 aromatic heterocycles. The highest BCUT2D eigenvalue weighted by atomic mass is 32.1. The number of piperidine rings is 1. The Morgan fingerprint density at radius 3 is 2.48 bits per heavy atom. The number of anilines is 1. The first-order valence-electron chi connectivity index (χ1n) is 7.94. The molecule has 0 aliphatic carbocycles. The van der Waals surface area contributed by atoms with Crippen LogP contribution in [0.1, 0.15) is 33.0 Å². The molecule has 4 heteroatoms. The number of nitrogens with zero attached hydrogens (tertiary/aromatic N) is 1. The lowest BCUT2D eigenvalue weighted by atomic mass is 10.1. The normalized spacial score (nSPS) is 16.2. The van der Waals surface area contributed by atoms with E-state index in [1.807, 2.05) is 36.4 Å². The molecular formula is C19H21NO2S. The Hall–Kier alpha value is -1.91. The summed E-state index contributed by atoms with van der Waals surface area (Å²) < 4.78 is 0. The number of thiophene rings is 1. The Labute approximate surface area is 140 Å². The molecule has 23 heavy (non-hydrogen) atoms. The molecule has 0 amide bonds. The standard InChI is InChI=1S/C19H21NO2S/c1-14-2-7-18(23-14)8-9-19(22)15-3-5-16(6-4-15)20-12-10-17(21)11-13-20/h2-9,17,21H,10-13H2,1H3/b9-8+. The van der Waals surface area contributed by atoms with Crippen LogP contribution in [0.5, 0.6) is 0 Å². The van der Waals surface area contributed by atoms with Gasteiger partial charge in [-0.2, -0.15) is 0 Å². The summed E-state index contributed by atoms with van der Waals surface area (Å²) in [6, 6.07) is 11.8. The first-order valence-corrected chi connectivity index (χ1v) is 8.75. The molecule has 0 bridgehead atoms. The van der Waals surface area contributed by atoms with Gasteiger partial charge in [0.05, 0.1) is 6.10 Å². The number of ketones is 1. The minimum Gasteiger partial charge on any atom is -0.393 e. The Morgan fingerprint density at radius 2 is 1.87 bits per heavy atom. The van der Waals surface area contributed by atoms with E-state index in [9.17, 15) is 9.90 Å². The lowest BCUT2D eigenvalue weighted by Gasteiger charge is -2.31. The van der Waals surface area contributed by atoms with Gasteiger partial charge in [0.1, 0.15) is 0 Å². The quantitative estimate of drug-likeness (QED) is 0.683. The van der Waals surface area contributed by atoms with Gasteiger partial charge in [-0.15, -0.1) is 11.3 Å². The van der Waals surface area contributed by atoms with E-state index in [4.69, 9.17) is 0 Å². The summed E-state index contributed by atoms with van der Waals surface area (Å²) in [4.78, 5) is 16.8. The van der Waals surface area contributed by atoms with Crippen LogP contribution in [0.15, 0.2) is 42.5 Å². The zero-order valence-corrected chi connectivity index (χ0v) is 14.1. The van der Waals surface area contributed by atoms with Gasteiger partial charge < -0.3 is 10.0 Å². The SMILES string of the molecule is Cc1ccc(/C=C/C(=O)c2ccc(N3CCC(O)CC3)cc2)s1. The van der Waals surface area contributed by atoms with Crippen molar-refractivity contribution in [3.63, 3.8) is 0 Å². The molecular weight excluding hydrogens is 306 g/mol. The molecule has 0 saturated carbocycles. The smallest absolute Gasteiger partial charge is 0.185 e. The number of carbonyl (C=O) groups excluding carboxylic acids is 1. The number of rotatable bonds is 4. The van der Waals surface area contributed by atoms with Gasteiger partial charge in [-0.1, -0.05) is 0 Å². The maximum Gasteiger partial charge on any atom is 0.185 e. The molecule has 1 fully saturated rings. The number of aliphatic hydroxyl groups is 1. The fourth-order valence-corrected chi connectivity index (χ4v) is 3.54. The fraction of sp³-hybridized carbons (Fsp3) is 0.316. The van der Waals surface area contributed by atoms with Crippen LogP contribution in [0.3, 0.4) is 0 Å². The van der Waals surface area contributed by atoms with Crippen LogP contribution in [0, 0.1) is 6.92 Å². The van der Waals surface area contributed by atoms with Gasteiger partial charge in [-0.25, -0.2) is 0 Å². The first kappa shape index (κ1) is 16.0. The highest BCUT2D eigenvalue weighted by Crippen LogP contribution is 2.21. The summed E-state index contributed by atoms with van der Waals surface area (Å²) in [5.74, 6) is 0.0247. The maximum atomic E-state index is 12.2. The van der Waals surface area contributed by atoms with Gasteiger partial charge >= 0.3 is 0 Å². The van der Waals surface area contributed by atoms with Gasteiger partial charge in [-0.05, 0) is 68.3 Å². The summed E-state index contributed by atoms with van der Waals surface area (Å²) in [5, 5.41) is 9.57. The minimum absolute atomic E-state index is 0.0247. The second-order valence-electron chi connectivity index (χ2n) is 5.91. The van der Waals surface area contributed by atoms with Gasteiger partial charge in [0.15, 0.2) is 5.78 Å². The third-order valence-electron chi connectivity index (χ3n) is 4.14. The zero-order chi connectivity index (χ0) is 16.2. The van der Waals surface area contributed by atoms with Crippen LogP contribution in [0.25, 0.3) is 6.08 Å². The molecule has 120 valence electrons.